The maximum absolute atomic E-state index is 11.0. The van der Waals surface area contributed by atoms with Gasteiger partial charge in [-0.25, -0.2) is 0 Å². The Morgan fingerprint density at radius 1 is 1.21 bits per heavy atom. The largest absolute Gasteiger partial charge is 0.545 e. The van der Waals surface area contributed by atoms with Crippen molar-refractivity contribution in [1.29, 1.82) is 0 Å². The van der Waals surface area contributed by atoms with Gasteiger partial charge in [-0.3, -0.25) is 5.10 Å². The molecule has 3 rings (SSSR count). The predicted octanol–water partition coefficient (Wildman–Crippen LogP) is 0.117. The van der Waals surface area contributed by atoms with Gasteiger partial charge in [0.15, 0.2) is 0 Å². The average Bonchev–Trinajstić information content (AvgIpc) is 2.98. The molecule has 0 atom stereocenters. The van der Waals surface area contributed by atoms with Crippen molar-refractivity contribution in [2.24, 2.45) is 0 Å². The number of hydrogen-bond donors (Lipinski definition) is 2. The maximum atomic E-state index is 11.0. The Labute approximate surface area is 139 Å². The van der Waals surface area contributed by atoms with E-state index < -0.39 is 5.97 Å². The van der Waals surface area contributed by atoms with Crippen LogP contribution in [0.2, 0.25) is 0 Å². The van der Waals surface area contributed by atoms with Gasteiger partial charge in [0.2, 0.25) is 0 Å². The van der Waals surface area contributed by atoms with Crippen LogP contribution in [0.5, 0.6) is 5.75 Å². The number of H-pyrrole nitrogens is 1. The van der Waals surface area contributed by atoms with Crippen LogP contribution in [0.1, 0.15) is 10.4 Å². The van der Waals surface area contributed by atoms with E-state index in [4.69, 9.17) is 4.74 Å². The van der Waals surface area contributed by atoms with E-state index in [9.17, 15) is 9.90 Å². The molecule has 0 radical (unpaired) electrons. The molecule has 0 saturated heterocycles. The molecule has 6 heteroatoms. The van der Waals surface area contributed by atoms with Gasteiger partial charge in [-0.1, -0.05) is 6.07 Å². The molecule has 0 aliphatic carbocycles. The summed E-state index contributed by atoms with van der Waals surface area (Å²) in [7, 11) is 4.16. The molecule has 0 amide bonds. The number of nitrogens with zero attached hydrogens (tertiary/aromatic N) is 1. The second-order valence-electron chi connectivity index (χ2n) is 5.95. The number of benzene rings is 2. The van der Waals surface area contributed by atoms with Gasteiger partial charge in [-0.05, 0) is 42.0 Å². The summed E-state index contributed by atoms with van der Waals surface area (Å²) in [4.78, 5) is 12.4. The molecule has 0 bridgehead atoms. The van der Waals surface area contributed by atoms with Crippen LogP contribution in [0.15, 0.2) is 42.5 Å². The third-order valence-corrected chi connectivity index (χ3v) is 3.80. The number of aromatic carboxylic acids is 1. The number of hydrogen-bond acceptors (Lipinski definition) is 4. The van der Waals surface area contributed by atoms with Crippen molar-refractivity contribution in [3.05, 3.63) is 48.0 Å². The van der Waals surface area contributed by atoms with Gasteiger partial charge in [-0.15, -0.1) is 0 Å². The second-order valence-corrected chi connectivity index (χ2v) is 5.95. The van der Waals surface area contributed by atoms with Gasteiger partial charge in [0.25, 0.3) is 0 Å². The summed E-state index contributed by atoms with van der Waals surface area (Å²) in [5.74, 6) is -0.397. The Morgan fingerprint density at radius 3 is 2.62 bits per heavy atom. The van der Waals surface area contributed by atoms with E-state index in [1.807, 2.05) is 24.3 Å². The first-order valence-corrected chi connectivity index (χ1v) is 7.76. The van der Waals surface area contributed by atoms with Crippen molar-refractivity contribution in [1.82, 2.24) is 10.2 Å². The lowest BCUT2D eigenvalue weighted by Gasteiger charge is -2.09. The number of carboxylic acids is 1. The molecule has 0 unspecified atom stereocenters. The lowest BCUT2D eigenvalue weighted by molar-refractivity contribution is -0.858. The van der Waals surface area contributed by atoms with E-state index in [1.54, 1.807) is 12.1 Å². The van der Waals surface area contributed by atoms with Crippen LogP contribution in [0.4, 0.5) is 0 Å². The zero-order valence-corrected chi connectivity index (χ0v) is 13.6. The van der Waals surface area contributed by atoms with Gasteiger partial charge in [0, 0.05) is 10.9 Å². The lowest BCUT2D eigenvalue weighted by atomic mass is 10.1. The molecule has 1 aromatic heterocycles. The van der Waals surface area contributed by atoms with Crippen molar-refractivity contribution in [2.75, 3.05) is 27.2 Å². The molecular formula is C18H19N3O3. The van der Waals surface area contributed by atoms with Gasteiger partial charge in [-0.2, -0.15) is 5.10 Å². The molecule has 3 aromatic rings. The quantitative estimate of drug-likeness (QED) is 0.674. The zero-order valence-electron chi connectivity index (χ0n) is 13.6. The number of fused-ring (bicyclic) bond motifs is 1. The minimum atomic E-state index is -1.20. The first-order valence-electron chi connectivity index (χ1n) is 7.76. The summed E-state index contributed by atoms with van der Waals surface area (Å²) < 4.78 is 5.69. The first kappa shape index (κ1) is 16.0. The topological polar surface area (TPSA) is 82.5 Å². The molecule has 2 N–H and O–H groups in total. The van der Waals surface area contributed by atoms with E-state index in [0.29, 0.717) is 12.3 Å². The fourth-order valence-electron chi connectivity index (χ4n) is 2.44. The molecule has 124 valence electrons. The molecule has 0 aliphatic rings. The summed E-state index contributed by atoms with van der Waals surface area (Å²) in [5, 5.41) is 19.0. The number of carbonyl (C=O) groups excluding carboxylic acids is 1. The zero-order chi connectivity index (χ0) is 17.1. The van der Waals surface area contributed by atoms with Crippen molar-refractivity contribution in [3.8, 4) is 17.0 Å². The van der Waals surface area contributed by atoms with Crippen LogP contribution in [0.25, 0.3) is 22.2 Å². The third-order valence-electron chi connectivity index (χ3n) is 3.80. The number of aromatic nitrogens is 2. The van der Waals surface area contributed by atoms with Crippen molar-refractivity contribution in [2.45, 2.75) is 0 Å². The molecule has 24 heavy (non-hydrogen) atoms. The highest BCUT2D eigenvalue weighted by Gasteiger charge is 2.09. The van der Waals surface area contributed by atoms with Crippen LogP contribution in [0, 0.1) is 0 Å². The molecule has 0 saturated carbocycles. The Balaban J connectivity index is 1.85. The number of quaternary nitrogens is 1. The first-order chi connectivity index (χ1) is 11.5. The molecule has 6 nitrogen and oxygen atoms in total. The Hall–Kier alpha value is -2.86. The molecular weight excluding hydrogens is 306 g/mol. The standard InChI is InChI=1S/C18H19N3O3/c1-21(2)9-10-24-14-6-3-12(4-7-14)17-15-11-13(18(22)23)5-8-16(15)19-20-17/h3-8,11H,9-10H2,1-2H3,(H,19,20)(H,22,23). The summed E-state index contributed by atoms with van der Waals surface area (Å²) in [6.07, 6.45) is 0. The van der Waals surface area contributed by atoms with E-state index in [2.05, 4.69) is 24.3 Å². The summed E-state index contributed by atoms with van der Waals surface area (Å²) >= 11 is 0. The van der Waals surface area contributed by atoms with Gasteiger partial charge in [0.05, 0.1) is 31.3 Å². The Bertz CT molecular complexity index is 854. The number of nitrogens with one attached hydrogen (secondary N) is 2. The third kappa shape index (κ3) is 3.38. The van der Waals surface area contributed by atoms with E-state index in [-0.39, 0.29) is 5.56 Å². The van der Waals surface area contributed by atoms with Gasteiger partial charge in [0.1, 0.15) is 18.9 Å². The van der Waals surface area contributed by atoms with Crippen LogP contribution in [0.3, 0.4) is 0 Å². The summed E-state index contributed by atoms with van der Waals surface area (Å²) in [6, 6.07) is 12.4. The maximum Gasteiger partial charge on any atom is 0.137 e. The highest BCUT2D eigenvalue weighted by molar-refractivity contribution is 5.98. The highest BCUT2D eigenvalue weighted by Crippen LogP contribution is 2.28. The summed E-state index contributed by atoms with van der Waals surface area (Å²) in [6.45, 7) is 1.58. The molecule has 0 aliphatic heterocycles. The minimum absolute atomic E-state index is 0.135. The normalized spacial score (nSPS) is 11.1. The number of likely N-dealkylation sites (N-methyl/N-ethyl adjacent to an activating group) is 1. The predicted molar refractivity (Wildman–Crippen MR) is 89.0 cm³/mol. The average molecular weight is 325 g/mol. The SMILES string of the molecule is C[NH+](C)CCOc1ccc(-c2n[nH]c3ccc(C(=O)[O-])cc23)cc1. The van der Waals surface area contributed by atoms with Crippen molar-refractivity contribution >= 4 is 16.9 Å². The van der Waals surface area contributed by atoms with Crippen molar-refractivity contribution in [3.63, 3.8) is 0 Å². The lowest BCUT2D eigenvalue weighted by Crippen LogP contribution is -3.06. The van der Waals surface area contributed by atoms with Crippen molar-refractivity contribution < 1.29 is 19.5 Å². The molecule has 0 fully saturated rings. The summed E-state index contributed by atoms with van der Waals surface area (Å²) in [5.41, 5.74) is 2.51. The second kappa shape index (κ2) is 6.72. The smallest absolute Gasteiger partial charge is 0.137 e. The van der Waals surface area contributed by atoms with E-state index >= 15 is 0 Å². The van der Waals surface area contributed by atoms with Gasteiger partial charge < -0.3 is 19.5 Å². The van der Waals surface area contributed by atoms with Crippen LogP contribution in [-0.2, 0) is 0 Å². The fraction of sp³-hybridized carbons (Fsp3) is 0.222. The van der Waals surface area contributed by atoms with E-state index in [1.165, 1.54) is 11.0 Å². The Kier molecular flexibility index (Phi) is 4.48. The molecule has 0 spiro atoms. The van der Waals surface area contributed by atoms with Crippen LogP contribution in [-0.4, -0.2) is 43.4 Å². The molecule has 2 aromatic carbocycles. The highest BCUT2D eigenvalue weighted by atomic mass is 16.5. The number of carboxylic acid groups (broad SMARTS) is 1. The monoisotopic (exact) mass is 325 g/mol. The van der Waals surface area contributed by atoms with Crippen LogP contribution >= 0.6 is 0 Å². The van der Waals surface area contributed by atoms with Gasteiger partial charge >= 0.3 is 0 Å². The Morgan fingerprint density at radius 2 is 1.96 bits per heavy atom. The molecule has 1 heterocycles. The van der Waals surface area contributed by atoms with Crippen LogP contribution < -0.4 is 14.7 Å². The minimum Gasteiger partial charge on any atom is -0.545 e. The number of rotatable bonds is 6. The van der Waals surface area contributed by atoms with E-state index in [0.717, 1.165) is 28.8 Å². The number of carbonyl (C=O) groups is 1. The number of aromatic amines is 1. The fourth-order valence-corrected chi connectivity index (χ4v) is 2.44. The number of ether oxygens (including phenoxy) is 1.